The van der Waals surface area contributed by atoms with E-state index in [-0.39, 0.29) is 6.10 Å². The van der Waals surface area contributed by atoms with Crippen LogP contribution in [0.5, 0.6) is 11.5 Å². The predicted octanol–water partition coefficient (Wildman–Crippen LogP) is 4.09. The molecule has 3 heterocycles. The first-order chi connectivity index (χ1) is 13.8. The Labute approximate surface area is 162 Å². The van der Waals surface area contributed by atoms with E-state index in [0.29, 0.717) is 13.2 Å². The molecule has 0 aliphatic carbocycles. The van der Waals surface area contributed by atoms with Gasteiger partial charge in [0.15, 0.2) is 23.4 Å². The van der Waals surface area contributed by atoms with Gasteiger partial charge in [-0.3, -0.25) is 0 Å². The molecule has 6 nitrogen and oxygen atoms in total. The normalized spacial score (nSPS) is 15.5. The number of para-hydroxylation sites is 2. The number of rotatable bonds is 4. The summed E-state index contributed by atoms with van der Waals surface area (Å²) in [6.07, 6.45) is 3.57. The minimum atomic E-state index is -0.109. The molecule has 0 saturated heterocycles. The summed E-state index contributed by atoms with van der Waals surface area (Å²) >= 11 is 0. The van der Waals surface area contributed by atoms with Crippen molar-refractivity contribution in [2.45, 2.75) is 19.6 Å². The number of hydrogen-bond acceptors (Lipinski definition) is 4. The maximum absolute atomic E-state index is 6.14. The zero-order valence-corrected chi connectivity index (χ0v) is 15.5. The molecule has 1 N–H and O–H groups in total. The summed E-state index contributed by atoms with van der Waals surface area (Å²) in [5, 5.41) is 0. The van der Waals surface area contributed by atoms with Gasteiger partial charge in [-0.25, -0.2) is 9.97 Å². The maximum Gasteiger partial charge on any atom is 0.161 e. The van der Waals surface area contributed by atoms with Crippen LogP contribution in [0.25, 0.3) is 22.8 Å². The summed E-state index contributed by atoms with van der Waals surface area (Å²) in [5.41, 5.74) is 3.90. The highest BCUT2D eigenvalue weighted by Gasteiger charge is 2.24. The highest BCUT2D eigenvalue weighted by Crippen LogP contribution is 2.33. The van der Waals surface area contributed by atoms with Gasteiger partial charge in [0.25, 0.3) is 0 Å². The fourth-order valence-corrected chi connectivity index (χ4v) is 3.48. The van der Waals surface area contributed by atoms with Crippen molar-refractivity contribution in [3.05, 3.63) is 72.8 Å². The molecule has 2 aromatic carbocycles. The van der Waals surface area contributed by atoms with Crippen molar-refractivity contribution in [2.24, 2.45) is 0 Å². The summed E-state index contributed by atoms with van der Waals surface area (Å²) in [6.45, 7) is 3.10. The summed E-state index contributed by atoms with van der Waals surface area (Å²) in [4.78, 5) is 12.6. The van der Waals surface area contributed by atoms with Gasteiger partial charge in [0.2, 0.25) is 0 Å². The molecule has 5 rings (SSSR count). The van der Waals surface area contributed by atoms with Crippen molar-refractivity contribution >= 4 is 0 Å². The van der Waals surface area contributed by atoms with Crippen LogP contribution >= 0.6 is 0 Å². The molecular weight excluding hydrogens is 352 g/mol. The molecule has 2 aromatic heterocycles. The van der Waals surface area contributed by atoms with Crippen LogP contribution in [0.2, 0.25) is 0 Å². The Kier molecular flexibility index (Phi) is 4.09. The highest BCUT2D eigenvalue weighted by molar-refractivity contribution is 5.75. The second-order valence-electron chi connectivity index (χ2n) is 6.87. The average Bonchev–Trinajstić information content (AvgIpc) is 3.34. The predicted molar refractivity (Wildman–Crippen MR) is 106 cm³/mol. The van der Waals surface area contributed by atoms with Crippen LogP contribution in [0.3, 0.4) is 0 Å². The molecule has 4 aromatic rings. The maximum atomic E-state index is 6.14. The first-order valence-corrected chi connectivity index (χ1v) is 9.29. The van der Waals surface area contributed by atoms with E-state index in [4.69, 9.17) is 9.47 Å². The number of imidazole rings is 2. The van der Waals surface area contributed by atoms with Crippen molar-refractivity contribution < 1.29 is 9.47 Å². The van der Waals surface area contributed by atoms with Gasteiger partial charge in [-0.15, -0.1) is 0 Å². The second kappa shape index (κ2) is 6.88. The molecule has 0 spiro atoms. The Hall–Kier alpha value is -3.54. The van der Waals surface area contributed by atoms with Gasteiger partial charge < -0.3 is 19.0 Å². The zero-order chi connectivity index (χ0) is 18.9. The molecule has 0 unspecified atom stereocenters. The van der Waals surface area contributed by atoms with E-state index in [0.717, 1.165) is 40.0 Å². The lowest BCUT2D eigenvalue weighted by molar-refractivity contribution is 0.0788. The summed E-state index contributed by atoms with van der Waals surface area (Å²) < 4.78 is 14.1. The number of aromatic amines is 1. The Morgan fingerprint density at radius 3 is 2.61 bits per heavy atom. The number of ether oxygens (including phenoxy) is 2. The van der Waals surface area contributed by atoms with E-state index in [2.05, 4.69) is 31.7 Å². The molecule has 0 amide bonds. The molecule has 0 bridgehead atoms. The molecule has 1 atom stereocenters. The monoisotopic (exact) mass is 372 g/mol. The molecule has 0 radical (unpaired) electrons. The third-order valence-corrected chi connectivity index (χ3v) is 4.78. The highest BCUT2D eigenvalue weighted by atomic mass is 16.6. The van der Waals surface area contributed by atoms with Gasteiger partial charge >= 0.3 is 0 Å². The zero-order valence-electron chi connectivity index (χ0n) is 15.5. The quantitative estimate of drug-likeness (QED) is 0.586. The van der Waals surface area contributed by atoms with Crippen LogP contribution in [-0.4, -0.2) is 32.2 Å². The SMILES string of the molecule is Cc1cnc(-c2c(-c3ccccc3)ncn2C[C@H]2COc3ccccc3O2)[nH]1. The van der Waals surface area contributed by atoms with Crippen LogP contribution in [0, 0.1) is 6.92 Å². The average molecular weight is 372 g/mol. The number of H-pyrrole nitrogens is 1. The molecule has 0 saturated carbocycles. The Morgan fingerprint density at radius 2 is 1.82 bits per heavy atom. The van der Waals surface area contributed by atoms with Crippen molar-refractivity contribution in [3.8, 4) is 34.3 Å². The van der Waals surface area contributed by atoms with Crippen LogP contribution in [0.15, 0.2) is 67.1 Å². The summed E-state index contributed by atoms with van der Waals surface area (Å²) in [7, 11) is 0. The van der Waals surface area contributed by atoms with Gasteiger partial charge in [0.1, 0.15) is 12.3 Å². The fraction of sp³-hybridized carbons (Fsp3) is 0.182. The van der Waals surface area contributed by atoms with Crippen LogP contribution in [0.1, 0.15) is 5.69 Å². The lowest BCUT2D eigenvalue weighted by Crippen LogP contribution is -2.33. The summed E-state index contributed by atoms with van der Waals surface area (Å²) in [5.74, 6) is 2.36. The Morgan fingerprint density at radius 1 is 1.04 bits per heavy atom. The first-order valence-electron chi connectivity index (χ1n) is 9.29. The third kappa shape index (κ3) is 3.03. The van der Waals surface area contributed by atoms with Gasteiger partial charge in [-0.05, 0) is 19.1 Å². The standard InChI is InChI=1S/C22H20N4O2/c1-15-11-23-22(25-15)21-20(16-7-3-2-4-8-16)24-14-26(21)12-17-13-27-18-9-5-6-10-19(18)28-17/h2-11,14,17H,12-13H2,1H3,(H,23,25)/t17-/m0/s1. The third-order valence-electron chi connectivity index (χ3n) is 4.78. The molecule has 1 aliphatic rings. The van der Waals surface area contributed by atoms with Gasteiger partial charge in [0, 0.05) is 17.5 Å². The van der Waals surface area contributed by atoms with E-state index in [9.17, 15) is 0 Å². The molecule has 1 aliphatic heterocycles. The minimum Gasteiger partial charge on any atom is -0.486 e. The van der Waals surface area contributed by atoms with Gasteiger partial charge in [0.05, 0.1) is 18.6 Å². The van der Waals surface area contributed by atoms with Crippen LogP contribution in [-0.2, 0) is 6.54 Å². The van der Waals surface area contributed by atoms with Crippen molar-refractivity contribution in [1.29, 1.82) is 0 Å². The van der Waals surface area contributed by atoms with E-state index < -0.39 is 0 Å². The molecule has 6 heteroatoms. The first kappa shape index (κ1) is 16.6. The van der Waals surface area contributed by atoms with Crippen molar-refractivity contribution in [1.82, 2.24) is 19.5 Å². The summed E-state index contributed by atoms with van der Waals surface area (Å²) in [6, 6.07) is 17.9. The van der Waals surface area contributed by atoms with E-state index in [1.807, 2.05) is 61.9 Å². The van der Waals surface area contributed by atoms with Gasteiger partial charge in [-0.1, -0.05) is 42.5 Å². The molecule has 0 fully saturated rings. The van der Waals surface area contributed by atoms with E-state index >= 15 is 0 Å². The van der Waals surface area contributed by atoms with Crippen molar-refractivity contribution in [3.63, 3.8) is 0 Å². The lowest BCUT2D eigenvalue weighted by atomic mass is 10.1. The van der Waals surface area contributed by atoms with E-state index in [1.165, 1.54) is 0 Å². The smallest absolute Gasteiger partial charge is 0.161 e. The number of hydrogen-bond donors (Lipinski definition) is 1. The fourth-order valence-electron chi connectivity index (χ4n) is 3.48. The number of benzene rings is 2. The Balaban J connectivity index is 1.51. The Bertz CT molecular complexity index is 1100. The minimum absolute atomic E-state index is 0.109. The number of aryl methyl sites for hydroxylation is 1. The number of nitrogens with one attached hydrogen (secondary N) is 1. The second-order valence-corrected chi connectivity index (χ2v) is 6.87. The molecule has 28 heavy (non-hydrogen) atoms. The number of fused-ring (bicyclic) bond motifs is 1. The number of aromatic nitrogens is 4. The lowest BCUT2D eigenvalue weighted by Gasteiger charge is -2.27. The largest absolute Gasteiger partial charge is 0.486 e. The molecular formula is C22H20N4O2. The van der Waals surface area contributed by atoms with E-state index in [1.54, 1.807) is 0 Å². The number of nitrogens with zero attached hydrogens (tertiary/aromatic N) is 3. The van der Waals surface area contributed by atoms with Crippen LogP contribution < -0.4 is 9.47 Å². The topological polar surface area (TPSA) is 65.0 Å². The van der Waals surface area contributed by atoms with Crippen molar-refractivity contribution in [2.75, 3.05) is 6.61 Å². The van der Waals surface area contributed by atoms with Crippen LogP contribution in [0.4, 0.5) is 0 Å². The van der Waals surface area contributed by atoms with Gasteiger partial charge in [-0.2, -0.15) is 0 Å². The molecule has 140 valence electrons.